The largest absolute Gasteiger partial charge is 0.313 e. The van der Waals surface area contributed by atoms with Gasteiger partial charge in [0.1, 0.15) is 0 Å². The normalized spacial score (nSPS) is 11.3. The molecule has 0 atom stereocenters. The third-order valence-corrected chi connectivity index (χ3v) is 3.87. The first-order valence-corrected chi connectivity index (χ1v) is 7.74. The van der Waals surface area contributed by atoms with Crippen LogP contribution in [0.15, 0.2) is 42.5 Å². The zero-order valence-electron chi connectivity index (χ0n) is 12.7. The molecule has 0 amide bonds. The molecular formula is C18H26N2. The summed E-state index contributed by atoms with van der Waals surface area (Å²) in [7, 11) is 0. The van der Waals surface area contributed by atoms with Crippen molar-refractivity contribution in [3.63, 3.8) is 0 Å². The first-order valence-electron chi connectivity index (χ1n) is 7.74. The SMILES string of the molecule is CCN(CC)CCCNCc1ccc2ccccc2c1. The van der Waals surface area contributed by atoms with E-state index in [-0.39, 0.29) is 0 Å². The minimum atomic E-state index is 0.961. The molecule has 0 heterocycles. The van der Waals surface area contributed by atoms with Gasteiger partial charge < -0.3 is 10.2 Å². The van der Waals surface area contributed by atoms with Crippen molar-refractivity contribution >= 4 is 10.8 Å². The molecule has 1 N–H and O–H groups in total. The molecule has 20 heavy (non-hydrogen) atoms. The standard InChI is InChI=1S/C18H26N2/c1-3-20(4-2)13-7-12-19-15-16-10-11-17-8-5-6-9-18(17)14-16/h5-6,8-11,14,19H,3-4,7,12-13,15H2,1-2H3. The maximum absolute atomic E-state index is 3.54. The molecule has 0 aliphatic rings. The van der Waals surface area contributed by atoms with Gasteiger partial charge in [0.2, 0.25) is 0 Å². The molecular weight excluding hydrogens is 244 g/mol. The highest BCUT2D eigenvalue weighted by atomic mass is 15.1. The highest BCUT2D eigenvalue weighted by molar-refractivity contribution is 5.82. The Labute approximate surface area is 122 Å². The smallest absolute Gasteiger partial charge is 0.0205 e. The van der Waals surface area contributed by atoms with E-state index >= 15 is 0 Å². The topological polar surface area (TPSA) is 15.3 Å². The average molecular weight is 270 g/mol. The Morgan fingerprint density at radius 1 is 0.950 bits per heavy atom. The molecule has 2 heteroatoms. The van der Waals surface area contributed by atoms with Crippen LogP contribution in [0.5, 0.6) is 0 Å². The molecule has 0 fully saturated rings. The highest BCUT2D eigenvalue weighted by Gasteiger charge is 1.99. The molecule has 0 saturated heterocycles. The summed E-state index contributed by atoms with van der Waals surface area (Å²) in [6.07, 6.45) is 1.22. The van der Waals surface area contributed by atoms with E-state index in [1.807, 2.05) is 0 Å². The van der Waals surface area contributed by atoms with E-state index in [4.69, 9.17) is 0 Å². The number of benzene rings is 2. The van der Waals surface area contributed by atoms with E-state index in [0.717, 1.165) is 26.2 Å². The number of hydrogen-bond acceptors (Lipinski definition) is 2. The second-order valence-corrected chi connectivity index (χ2v) is 5.24. The third-order valence-electron chi connectivity index (χ3n) is 3.87. The van der Waals surface area contributed by atoms with Crippen LogP contribution in [0, 0.1) is 0 Å². The number of hydrogen-bond donors (Lipinski definition) is 1. The van der Waals surface area contributed by atoms with Gasteiger partial charge in [0.15, 0.2) is 0 Å². The van der Waals surface area contributed by atoms with E-state index in [1.165, 1.54) is 29.3 Å². The Balaban J connectivity index is 1.75. The third kappa shape index (κ3) is 4.32. The van der Waals surface area contributed by atoms with Crippen molar-refractivity contribution in [2.75, 3.05) is 26.2 Å². The molecule has 0 unspecified atom stereocenters. The maximum Gasteiger partial charge on any atom is 0.0205 e. The molecule has 0 bridgehead atoms. The van der Waals surface area contributed by atoms with Crippen LogP contribution >= 0.6 is 0 Å². The molecule has 0 saturated carbocycles. The lowest BCUT2D eigenvalue weighted by Gasteiger charge is -2.17. The van der Waals surface area contributed by atoms with Crippen molar-refractivity contribution in [3.05, 3.63) is 48.0 Å². The Morgan fingerprint density at radius 2 is 1.70 bits per heavy atom. The maximum atomic E-state index is 3.54. The zero-order valence-corrected chi connectivity index (χ0v) is 12.7. The predicted octanol–water partition coefficient (Wildman–Crippen LogP) is 3.66. The van der Waals surface area contributed by atoms with Gasteiger partial charge >= 0.3 is 0 Å². The van der Waals surface area contributed by atoms with Crippen LogP contribution in [0.4, 0.5) is 0 Å². The van der Waals surface area contributed by atoms with E-state index < -0.39 is 0 Å². The van der Waals surface area contributed by atoms with Crippen LogP contribution < -0.4 is 5.32 Å². The van der Waals surface area contributed by atoms with Crippen LogP contribution in [0.1, 0.15) is 25.8 Å². The van der Waals surface area contributed by atoms with Gasteiger partial charge in [-0.25, -0.2) is 0 Å². The van der Waals surface area contributed by atoms with Crippen LogP contribution in [0.2, 0.25) is 0 Å². The van der Waals surface area contributed by atoms with Gasteiger partial charge in [-0.05, 0) is 55.0 Å². The number of fused-ring (bicyclic) bond motifs is 1. The highest BCUT2D eigenvalue weighted by Crippen LogP contribution is 2.15. The summed E-state index contributed by atoms with van der Waals surface area (Å²) in [5.41, 5.74) is 1.37. The van der Waals surface area contributed by atoms with Crippen LogP contribution in [-0.2, 0) is 6.54 Å². The summed E-state index contributed by atoms with van der Waals surface area (Å²) in [6, 6.07) is 15.3. The Hall–Kier alpha value is -1.38. The second-order valence-electron chi connectivity index (χ2n) is 5.24. The lowest BCUT2D eigenvalue weighted by atomic mass is 10.1. The fourth-order valence-electron chi connectivity index (χ4n) is 2.55. The Kier molecular flexibility index (Phi) is 6.03. The Morgan fingerprint density at radius 3 is 2.45 bits per heavy atom. The van der Waals surface area contributed by atoms with Gasteiger partial charge in [-0.1, -0.05) is 50.2 Å². The quantitative estimate of drug-likeness (QED) is 0.736. The van der Waals surface area contributed by atoms with Crippen molar-refractivity contribution in [1.82, 2.24) is 10.2 Å². The van der Waals surface area contributed by atoms with Gasteiger partial charge in [0.05, 0.1) is 0 Å². The minimum Gasteiger partial charge on any atom is -0.313 e. The first kappa shape index (κ1) is 15.0. The van der Waals surface area contributed by atoms with Crippen LogP contribution in [0.25, 0.3) is 10.8 Å². The van der Waals surface area contributed by atoms with E-state index in [0.29, 0.717) is 0 Å². The van der Waals surface area contributed by atoms with Gasteiger partial charge in [-0.2, -0.15) is 0 Å². The first-order chi connectivity index (χ1) is 9.83. The van der Waals surface area contributed by atoms with Crippen molar-refractivity contribution in [3.8, 4) is 0 Å². The van der Waals surface area contributed by atoms with Gasteiger partial charge in [0.25, 0.3) is 0 Å². The minimum absolute atomic E-state index is 0.961. The molecule has 0 aromatic heterocycles. The molecule has 0 spiro atoms. The lowest BCUT2D eigenvalue weighted by molar-refractivity contribution is 0.298. The van der Waals surface area contributed by atoms with E-state index in [2.05, 4.69) is 66.5 Å². The molecule has 0 radical (unpaired) electrons. The summed E-state index contributed by atoms with van der Waals surface area (Å²) >= 11 is 0. The summed E-state index contributed by atoms with van der Waals surface area (Å²) < 4.78 is 0. The van der Waals surface area contributed by atoms with Crippen molar-refractivity contribution in [2.45, 2.75) is 26.8 Å². The lowest BCUT2D eigenvalue weighted by Crippen LogP contribution is -2.27. The molecule has 108 valence electrons. The monoisotopic (exact) mass is 270 g/mol. The second kappa shape index (κ2) is 8.03. The van der Waals surface area contributed by atoms with Gasteiger partial charge in [0, 0.05) is 6.54 Å². The number of nitrogens with zero attached hydrogens (tertiary/aromatic N) is 1. The van der Waals surface area contributed by atoms with E-state index in [1.54, 1.807) is 0 Å². The molecule has 2 aromatic rings. The van der Waals surface area contributed by atoms with Crippen LogP contribution in [-0.4, -0.2) is 31.1 Å². The molecule has 2 nitrogen and oxygen atoms in total. The summed E-state index contributed by atoms with van der Waals surface area (Å²) in [5, 5.41) is 6.19. The number of rotatable bonds is 8. The summed E-state index contributed by atoms with van der Waals surface area (Å²) in [5.74, 6) is 0. The molecule has 2 aromatic carbocycles. The van der Waals surface area contributed by atoms with Gasteiger partial charge in [-0.3, -0.25) is 0 Å². The zero-order chi connectivity index (χ0) is 14.2. The summed E-state index contributed by atoms with van der Waals surface area (Å²) in [4.78, 5) is 2.47. The fourth-order valence-corrected chi connectivity index (χ4v) is 2.55. The van der Waals surface area contributed by atoms with Gasteiger partial charge in [-0.15, -0.1) is 0 Å². The van der Waals surface area contributed by atoms with Crippen molar-refractivity contribution in [2.24, 2.45) is 0 Å². The molecule has 0 aliphatic carbocycles. The summed E-state index contributed by atoms with van der Waals surface area (Å²) in [6.45, 7) is 10.0. The number of nitrogens with one attached hydrogen (secondary N) is 1. The molecule has 2 rings (SSSR count). The average Bonchev–Trinajstić information content (AvgIpc) is 2.51. The Bertz CT molecular complexity index is 518. The predicted molar refractivity (Wildman–Crippen MR) is 88.1 cm³/mol. The molecule has 0 aliphatic heterocycles. The van der Waals surface area contributed by atoms with E-state index in [9.17, 15) is 0 Å². The van der Waals surface area contributed by atoms with Crippen LogP contribution in [0.3, 0.4) is 0 Å². The van der Waals surface area contributed by atoms with Crippen molar-refractivity contribution < 1.29 is 0 Å². The van der Waals surface area contributed by atoms with Crippen molar-refractivity contribution in [1.29, 1.82) is 0 Å². The fraction of sp³-hybridized carbons (Fsp3) is 0.444.